The number of anilines is 2. The SMILES string of the molecule is COc1cc(NC(=O)c2nnn(Cc3nc(-c4cccc(C)c4)oc3C)c2N)cc(OC)c1. The third-order valence-electron chi connectivity index (χ3n) is 5.05. The molecule has 0 saturated heterocycles. The van der Waals surface area contributed by atoms with Crippen molar-refractivity contribution >= 4 is 17.4 Å². The second-order valence-electron chi connectivity index (χ2n) is 7.43. The van der Waals surface area contributed by atoms with E-state index in [1.807, 2.05) is 38.1 Å². The van der Waals surface area contributed by atoms with Gasteiger partial charge >= 0.3 is 0 Å². The maximum absolute atomic E-state index is 12.8. The van der Waals surface area contributed by atoms with Crippen LogP contribution in [-0.4, -0.2) is 40.1 Å². The van der Waals surface area contributed by atoms with Crippen LogP contribution in [0.25, 0.3) is 11.5 Å². The third-order valence-corrected chi connectivity index (χ3v) is 5.05. The number of ether oxygens (including phenoxy) is 2. The van der Waals surface area contributed by atoms with Gasteiger partial charge in [0.15, 0.2) is 11.5 Å². The van der Waals surface area contributed by atoms with Gasteiger partial charge in [-0.3, -0.25) is 4.79 Å². The van der Waals surface area contributed by atoms with Gasteiger partial charge in [0, 0.05) is 29.4 Å². The van der Waals surface area contributed by atoms with Crippen molar-refractivity contribution in [3.05, 3.63) is 65.2 Å². The zero-order valence-corrected chi connectivity index (χ0v) is 18.7. The Morgan fingerprint density at radius 3 is 2.52 bits per heavy atom. The summed E-state index contributed by atoms with van der Waals surface area (Å²) in [7, 11) is 3.06. The van der Waals surface area contributed by atoms with E-state index < -0.39 is 5.91 Å². The number of hydrogen-bond donors (Lipinski definition) is 2. The molecule has 0 aliphatic rings. The topological polar surface area (TPSA) is 130 Å². The molecule has 0 unspecified atom stereocenters. The minimum Gasteiger partial charge on any atom is -0.497 e. The van der Waals surface area contributed by atoms with Crippen LogP contribution in [0.3, 0.4) is 0 Å². The van der Waals surface area contributed by atoms with Gasteiger partial charge in [0.25, 0.3) is 5.91 Å². The molecule has 2 heterocycles. The van der Waals surface area contributed by atoms with Crippen LogP contribution in [0.2, 0.25) is 0 Å². The number of rotatable bonds is 7. The van der Waals surface area contributed by atoms with Gasteiger partial charge < -0.3 is 24.9 Å². The Morgan fingerprint density at radius 1 is 1.12 bits per heavy atom. The molecule has 0 bridgehead atoms. The number of nitrogens with one attached hydrogen (secondary N) is 1. The molecule has 0 spiro atoms. The molecule has 2 aromatic carbocycles. The Kier molecular flexibility index (Phi) is 5.99. The highest BCUT2D eigenvalue weighted by Gasteiger charge is 2.20. The highest BCUT2D eigenvalue weighted by atomic mass is 16.5. The maximum atomic E-state index is 12.8. The zero-order valence-electron chi connectivity index (χ0n) is 18.7. The number of oxazole rings is 1. The largest absolute Gasteiger partial charge is 0.497 e. The van der Waals surface area contributed by atoms with E-state index in [4.69, 9.17) is 19.6 Å². The summed E-state index contributed by atoms with van der Waals surface area (Å²) < 4.78 is 17.7. The van der Waals surface area contributed by atoms with Crippen LogP contribution in [-0.2, 0) is 6.54 Å². The molecule has 10 nitrogen and oxygen atoms in total. The molecule has 4 rings (SSSR count). The summed E-state index contributed by atoms with van der Waals surface area (Å²) in [4.78, 5) is 17.3. The number of nitrogens with zero attached hydrogens (tertiary/aromatic N) is 4. The normalized spacial score (nSPS) is 10.8. The Balaban J connectivity index is 1.53. The summed E-state index contributed by atoms with van der Waals surface area (Å²) in [6, 6.07) is 12.9. The molecule has 10 heteroatoms. The number of amides is 1. The quantitative estimate of drug-likeness (QED) is 0.440. The Labute approximate surface area is 190 Å². The molecule has 4 aromatic rings. The van der Waals surface area contributed by atoms with Crippen molar-refractivity contribution in [3.63, 3.8) is 0 Å². The van der Waals surface area contributed by atoms with Crippen LogP contribution in [0, 0.1) is 13.8 Å². The fourth-order valence-electron chi connectivity index (χ4n) is 3.29. The average molecular weight is 448 g/mol. The lowest BCUT2D eigenvalue weighted by Gasteiger charge is -2.09. The van der Waals surface area contributed by atoms with E-state index in [9.17, 15) is 4.79 Å². The highest BCUT2D eigenvalue weighted by Crippen LogP contribution is 2.27. The molecule has 0 fully saturated rings. The maximum Gasteiger partial charge on any atom is 0.280 e. The smallest absolute Gasteiger partial charge is 0.280 e. The predicted molar refractivity (Wildman–Crippen MR) is 122 cm³/mol. The predicted octanol–water partition coefficient (Wildman–Crippen LogP) is 3.45. The first-order chi connectivity index (χ1) is 15.9. The fourth-order valence-corrected chi connectivity index (χ4v) is 3.29. The van der Waals surface area contributed by atoms with Gasteiger partial charge in [-0.25, -0.2) is 9.67 Å². The minimum atomic E-state index is -0.508. The fraction of sp³-hybridized carbons (Fsp3) is 0.217. The van der Waals surface area contributed by atoms with E-state index in [1.165, 1.54) is 18.9 Å². The van der Waals surface area contributed by atoms with Crippen molar-refractivity contribution in [1.29, 1.82) is 0 Å². The first-order valence-electron chi connectivity index (χ1n) is 10.1. The van der Waals surface area contributed by atoms with Gasteiger partial charge in [-0.2, -0.15) is 0 Å². The van der Waals surface area contributed by atoms with Crippen LogP contribution in [0.1, 0.15) is 27.5 Å². The number of nitrogens with two attached hydrogens (primary N) is 1. The van der Waals surface area contributed by atoms with Gasteiger partial charge in [-0.15, -0.1) is 5.10 Å². The summed E-state index contributed by atoms with van der Waals surface area (Å²) in [6.07, 6.45) is 0. The monoisotopic (exact) mass is 448 g/mol. The summed E-state index contributed by atoms with van der Waals surface area (Å²) in [6.45, 7) is 4.03. The molecule has 1 amide bonds. The molecular weight excluding hydrogens is 424 g/mol. The van der Waals surface area contributed by atoms with Gasteiger partial charge in [0.2, 0.25) is 5.89 Å². The van der Waals surface area contributed by atoms with Gasteiger partial charge in [-0.05, 0) is 26.0 Å². The van der Waals surface area contributed by atoms with E-state index in [0.29, 0.717) is 34.5 Å². The first-order valence-corrected chi connectivity index (χ1v) is 10.1. The van der Waals surface area contributed by atoms with Crippen LogP contribution in [0.5, 0.6) is 11.5 Å². The Hall–Kier alpha value is -4.34. The van der Waals surface area contributed by atoms with Gasteiger partial charge in [0.05, 0.1) is 20.8 Å². The van der Waals surface area contributed by atoms with E-state index in [-0.39, 0.29) is 18.1 Å². The minimum absolute atomic E-state index is 0.00292. The highest BCUT2D eigenvalue weighted by molar-refractivity contribution is 6.05. The summed E-state index contributed by atoms with van der Waals surface area (Å²) in [5, 5.41) is 10.7. The molecule has 0 saturated carbocycles. The van der Waals surface area contributed by atoms with Crippen molar-refractivity contribution in [1.82, 2.24) is 20.0 Å². The van der Waals surface area contributed by atoms with Crippen molar-refractivity contribution in [3.8, 4) is 23.0 Å². The van der Waals surface area contributed by atoms with Crippen molar-refractivity contribution < 1.29 is 18.7 Å². The summed E-state index contributed by atoms with van der Waals surface area (Å²) in [5.41, 5.74) is 9.28. The molecular formula is C23H24N6O4. The number of benzene rings is 2. The number of nitrogen functional groups attached to an aromatic ring is 1. The van der Waals surface area contributed by atoms with E-state index in [0.717, 1.165) is 11.1 Å². The van der Waals surface area contributed by atoms with Crippen LogP contribution in [0.4, 0.5) is 11.5 Å². The lowest BCUT2D eigenvalue weighted by molar-refractivity contribution is 0.102. The molecule has 2 aromatic heterocycles. The number of methoxy groups -OCH3 is 2. The molecule has 0 atom stereocenters. The van der Waals surface area contributed by atoms with Crippen molar-refractivity contribution in [2.75, 3.05) is 25.3 Å². The number of carbonyl (C=O) groups is 1. The van der Waals surface area contributed by atoms with E-state index in [2.05, 4.69) is 20.6 Å². The Morgan fingerprint density at radius 2 is 1.85 bits per heavy atom. The molecule has 33 heavy (non-hydrogen) atoms. The average Bonchev–Trinajstić information content (AvgIpc) is 3.36. The summed E-state index contributed by atoms with van der Waals surface area (Å²) >= 11 is 0. The second kappa shape index (κ2) is 9.03. The van der Waals surface area contributed by atoms with Crippen molar-refractivity contribution in [2.24, 2.45) is 0 Å². The molecule has 170 valence electrons. The number of hydrogen-bond acceptors (Lipinski definition) is 8. The standard InChI is InChI=1S/C23H24N6O4/c1-13-6-5-7-15(8-13)23-26-19(14(2)33-23)12-29-21(24)20(27-28-29)22(30)25-16-9-17(31-3)11-18(10-16)32-4/h5-11H,12,24H2,1-4H3,(H,25,30). The molecule has 0 aliphatic carbocycles. The van der Waals surface area contributed by atoms with Crippen LogP contribution in [0.15, 0.2) is 46.9 Å². The number of aryl methyl sites for hydroxylation is 2. The lowest BCUT2D eigenvalue weighted by atomic mass is 10.1. The summed E-state index contributed by atoms with van der Waals surface area (Å²) in [5.74, 6) is 1.82. The Bertz CT molecular complexity index is 1290. The second-order valence-corrected chi connectivity index (χ2v) is 7.43. The molecule has 0 radical (unpaired) electrons. The molecule has 3 N–H and O–H groups in total. The lowest BCUT2D eigenvalue weighted by Crippen LogP contribution is -2.15. The van der Waals surface area contributed by atoms with Gasteiger partial charge in [0.1, 0.15) is 23.0 Å². The zero-order chi connectivity index (χ0) is 23.5. The first kappa shape index (κ1) is 21.9. The van der Waals surface area contributed by atoms with E-state index >= 15 is 0 Å². The van der Waals surface area contributed by atoms with Crippen LogP contribution < -0.4 is 20.5 Å². The van der Waals surface area contributed by atoms with Crippen LogP contribution >= 0.6 is 0 Å². The van der Waals surface area contributed by atoms with E-state index in [1.54, 1.807) is 18.2 Å². The number of carbonyl (C=O) groups excluding carboxylic acids is 1. The van der Waals surface area contributed by atoms with Gasteiger partial charge in [-0.1, -0.05) is 22.9 Å². The number of aromatic nitrogens is 4. The third kappa shape index (κ3) is 4.64. The van der Waals surface area contributed by atoms with Crippen molar-refractivity contribution in [2.45, 2.75) is 20.4 Å². The molecule has 0 aliphatic heterocycles.